The summed E-state index contributed by atoms with van der Waals surface area (Å²) >= 11 is 5.88. The maximum Gasteiger partial charge on any atom is 0.322 e. The van der Waals surface area contributed by atoms with Gasteiger partial charge < -0.3 is 10.5 Å². The molecule has 0 radical (unpaired) electrons. The second-order valence-electron chi connectivity index (χ2n) is 4.85. The van der Waals surface area contributed by atoms with Crippen LogP contribution in [0.3, 0.4) is 0 Å². The van der Waals surface area contributed by atoms with Crippen LogP contribution >= 0.6 is 11.6 Å². The van der Waals surface area contributed by atoms with E-state index in [4.69, 9.17) is 22.1 Å². The van der Waals surface area contributed by atoms with Crippen molar-refractivity contribution in [3.8, 4) is 0 Å². The molecule has 0 aromatic heterocycles. The van der Waals surface area contributed by atoms with Gasteiger partial charge in [0.25, 0.3) is 0 Å². The van der Waals surface area contributed by atoms with Gasteiger partial charge >= 0.3 is 5.97 Å². The first-order valence-corrected chi connectivity index (χ1v) is 6.67. The fourth-order valence-corrected chi connectivity index (χ4v) is 2.54. The number of esters is 1. The van der Waals surface area contributed by atoms with E-state index in [0.29, 0.717) is 0 Å². The van der Waals surface area contributed by atoms with Gasteiger partial charge in [-0.15, -0.1) is 0 Å². The average molecular weight is 268 g/mol. The van der Waals surface area contributed by atoms with E-state index in [1.54, 1.807) is 6.92 Å². The first kappa shape index (κ1) is 13.4. The molecule has 0 saturated heterocycles. The van der Waals surface area contributed by atoms with Crippen molar-refractivity contribution in [3.05, 3.63) is 34.9 Å². The number of halogens is 1. The van der Waals surface area contributed by atoms with Crippen LogP contribution in [0.1, 0.15) is 37.7 Å². The summed E-state index contributed by atoms with van der Waals surface area (Å²) in [4.78, 5) is 11.6. The van der Waals surface area contributed by atoms with E-state index >= 15 is 0 Å². The van der Waals surface area contributed by atoms with E-state index in [0.717, 1.165) is 24.3 Å². The Balaban J connectivity index is 2.07. The third kappa shape index (κ3) is 3.03. The maximum atomic E-state index is 11.6. The fourth-order valence-electron chi connectivity index (χ4n) is 2.41. The lowest BCUT2D eigenvalue weighted by Crippen LogP contribution is -2.33. The van der Waals surface area contributed by atoms with Gasteiger partial charge in [0.05, 0.1) is 0 Å². The second kappa shape index (κ2) is 5.72. The molecule has 3 nitrogen and oxygen atoms in total. The van der Waals surface area contributed by atoms with E-state index in [-0.39, 0.29) is 18.0 Å². The highest BCUT2D eigenvalue weighted by Gasteiger charge is 2.32. The largest absolute Gasteiger partial charge is 0.461 e. The molecular formula is C14H18ClNO2. The van der Waals surface area contributed by atoms with Crippen LogP contribution in [0.5, 0.6) is 0 Å². The minimum Gasteiger partial charge on any atom is -0.461 e. The Morgan fingerprint density at radius 3 is 2.67 bits per heavy atom. The van der Waals surface area contributed by atoms with Crippen molar-refractivity contribution in [1.82, 2.24) is 0 Å². The van der Waals surface area contributed by atoms with Gasteiger partial charge in [0.15, 0.2) is 0 Å². The monoisotopic (exact) mass is 267 g/mol. The van der Waals surface area contributed by atoms with Crippen LogP contribution in [0.15, 0.2) is 24.3 Å². The number of carbonyl (C=O) groups excluding carboxylic acids is 1. The molecule has 2 unspecified atom stereocenters. The Hall–Kier alpha value is -1.06. The molecule has 1 fully saturated rings. The first-order chi connectivity index (χ1) is 8.58. The minimum atomic E-state index is -0.559. The summed E-state index contributed by atoms with van der Waals surface area (Å²) in [5.74, 6) is -0.0502. The van der Waals surface area contributed by atoms with Gasteiger partial charge in [-0.1, -0.05) is 23.7 Å². The van der Waals surface area contributed by atoms with Crippen molar-refractivity contribution in [1.29, 1.82) is 0 Å². The van der Waals surface area contributed by atoms with Crippen molar-refractivity contribution < 1.29 is 9.53 Å². The van der Waals surface area contributed by atoms with Crippen LogP contribution in [-0.4, -0.2) is 18.1 Å². The van der Waals surface area contributed by atoms with Crippen LogP contribution < -0.4 is 5.73 Å². The molecule has 0 spiro atoms. The first-order valence-electron chi connectivity index (χ1n) is 6.29. The molecule has 1 saturated carbocycles. The lowest BCUT2D eigenvalue weighted by Gasteiger charge is -2.21. The highest BCUT2D eigenvalue weighted by atomic mass is 35.5. The fraction of sp³-hybridized carbons (Fsp3) is 0.500. The van der Waals surface area contributed by atoms with Gasteiger partial charge in [-0.2, -0.15) is 0 Å². The molecule has 1 aromatic carbocycles. The van der Waals surface area contributed by atoms with Crippen LogP contribution in [0.25, 0.3) is 0 Å². The van der Waals surface area contributed by atoms with E-state index in [1.807, 2.05) is 24.3 Å². The SMILES string of the molecule is C[C@H](N)C(=O)OC1CCCC1c1ccc(Cl)cc1. The molecule has 98 valence electrons. The zero-order valence-electron chi connectivity index (χ0n) is 10.4. The summed E-state index contributed by atoms with van der Waals surface area (Å²) < 4.78 is 5.47. The van der Waals surface area contributed by atoms with Crippen molar-refractivity contribution >= 4 is 17.6 Å². The highest BCUT2D eigenvalue weighted by molar-refractivity contribution is 6.30. The summed E-state index contributed by atoms with van der Waals surface area (Å²) in [7, 11) is 0. The van der Waals surface area contributed by atoms with Crippen LogP contribution in [0, 0.1) is 0 Å². The van der Waals surface area contributed by atoms with Gasteiger partial charge in [0.2, 0.25) is 0 Å². The molecule has 2 N–H and O–H groups in total. The van der Waals surface area contributed by atoms with Gasteiger partial charge in [-0.3, -0.25) is 4.79 Å². The molecule has 1 aromatic rings. The Morgan fingerprint density at radius 1 is 1.39 bits per heavy atom. The molecule has 2 rings (SSSR count). The number of hydrogen-bond acceptors (Lipinski definition) is 3. The van der Waals surface area contributed by atoms with Crippen molar-refractivity contribution in [2.45, 2.75) is 44.2 Å². The lowest BCUT2D eigenvalue weighted by molar-refractivity contribution is -0.150. The number of hydrogen-bond donors (Lipinski definition) is 1. The molecule has 0 amide bonds. The molecule has 0 aliphatic heterocycles. The van der Waals surface area contributed by atoms with E-state index < -0.39 is 6.04 Å². The average Bonchev–Trinajstić information content (AvgIpc) is 2.78. The van der Waals surface area contributed by atoms with Gasteiger partial charge in [-0.25, -0.2) is 0 Å². The zero-order valence-corrected chi connectivity index (χ0v) is 11.2. The number of ether oxygens (including phenoxy) is 1. The topological polar surface area (TPSA) is 52.3 Å². The van der Waals surface area contributed by atoms with Crippen LogP contribution in [0.2, 0.25) is 5.02 Å². The van der Waals surface area contributed by atoms with Gasteiger partial charge in [-0.05, 0) is 43.9 Å². The minimum absolute atomic E-state index is 0.0512. The molecule has 1 aliphatic rings. The molecule has 0 bridgehead atoms. The van der Waals surface area contributed by atoms with Crippen molar-refractivity contribution in [3.63, 3.8) is 0 Å². The van der Waals surface area contributed by atoms with E-state index in [9.17, 15) is 4.79 Å². The normalized spacial score (nSPS) is 24.8. The quantitative estimate of drug-likeness (QED) is 0.857. The third-order valence-corrected chi connectivity index (χ3v) is 3.64. The predicted octanol–water partition coefficient (Wildman–Crippen LogP) is 2.87. The van der Waals surface area contributed by atoms with E-state index in [1.165, 1.54) is 5.56 Å². The van der Waals surface area contributed by atoms with Gasteiger partial charge in [0.1, 0.15) is 12.1 Å². The Labute approximate surface area is 112 Å². The van der Waals surface area contributed by atoms with Crippen molar-refractivity contribution in [2.75, 3.05) is 0 Å². The van der Waals surface area contributed by atoms with Gasteiger partial charge in [0, 0.05) is 10.9 Å². The number of carbonyl (C=O) groups is 1. The summed E-state index contributed by atoms with van der Waals surface area (Å²) in [6.07, 6.45) is 2.97. The Bertz CT molecular complexity index is 416. The summed E-state index contributed by atoms with van der Waals surface area (Å²) in [5, 5.41) is 0.723. The summed E-state index contributed by atoms with van der Waals surface area (Å²) in [5.41, 5.74) is 6.71. The van der Waals surface area contributed by atoms with Crippen LogP contribution in [0.4, 0.5) is 0 Å². The van der Waals surface area contributed by atoms with E-state index in [2.05, 4.69) is 0 Å². The standard InChI is InChI=1S/C14H18ClNO2/c1-9(16)14(17)18-13-4-2-3-12(13)10-5-7-11(15)8-6-10/h5-9,12-13H,2-4,16H2,1H3/t9-,12?,13?/m0/s1. The third-order valence-electron chi connectivity index (χ3n) is 3.39. The Kier molecular flexibility index (Phi) is 4.25. The van der Waals surface area contributed by atoms with Crippen molar-refractivity contribution in [2.24, 2.45) is 5.73 Å². The van der Waals surface area contributed by atoms with Crippen LogP contribution in [-0.2, 0) is 9.53 Å². The smallest absolute Gasteiger partial charge is 0.322 e. The number of nitrogens with two attached hydrogens (primary N) is 1. The Morgan fingerprint density at radius 2 is 2.06 bits per heavy atom. The molecule has 0 heterocycles. The lowest BCUT2D eigenvalue weighted by atomic mass is 9.96. The second-order valence-corrected chi connectivity index (χ2v) is 5.29. The maximum absolute atomic E-state index is 11.6. The molecular weight excluding hydrogens is 250 g/mol. The molecule has 3 atom stereocenters. The number of rotatable bonds is 3. The zero-order chi connectivity index (χ0) is 13.1. The molecule has 4 heteroatoms. The predicted molar refractivity (Wildman–Crippen MR) is 71.6 cm³/mol. The number of benzene rings is 1. The molecule has 18 heavy (non-hydrogen) atoms. The highest BCUT2D eigenvalue weighted by Crippen LogP contribution is 2.37. The summed E-state index contributed by atoms with van der Waals surface area (Å²) in [6.45, 7) is 1.65. The molecule has 1 aliphatic carbocycles. The summed E-state index contributed by atoms with van der Waals surface area (Å²) in [6, 6.07) is 7.20.